The van der Waals surface area contributed by atoms with E-state index in [0.29, 0.717) is 5.92 Å². The first kappa shape index (κ1) is 21.2. The van der Waals surface area contributed by atoms with Gasteiger partial charge in [0.15, 0.2) is 5.96 Å². The smallest absolute Gasteiger partial charge is 0.246 e. The Bertz CT molecular complexity index is 761. The van der Waals surface area contributed by atoms with E-state index in [4.69, 9.17) is 0 Å². The van der Waals surface area contributed by atoms with Crippen LogP contribution in [0.15, 0.2) is 47.7 Å². The van der Waals surface area contributed by atoms with Gasteiger partial charge in [-0.05, 0) is 31.0 Å². The molecular formula is C19H27IN6O. The minimum atomic E-state index is -0.116. The summed E-state index contributed by atoms with van der Waals surface area (Å²) in [4.78, 5) is 18.9. The maximum atomic E-state index is 12.1. The number of carbonyl (C=O) groups is 1. The number of aromatic nitrogens is 2. The van der Waals surface area contributed by atoms with Gasteiger partial charge in [-0.2, -0.15) is 5.10 Å². The number of hydrogen-bond acceptors (Lipinski definition) is 3. The van der Waals surface area contributed by atoms with Crippen molar-refractivity contribution in [2.24, 2.45) is 12.0 Å². The summed E-state index contributed by atoms with van der Waals surface area (Å²) in [7, 11) is 1.94. The lowest BCUT2D eigenvalue weighted by Gasteiger charge is -2.21. The lowest BCUT2D eigenvalue weighted by atomic mass is 10.0. The number of nitrogens with one attached hydrogen (secondary N) is 2. The Hall–Kier alpha value is -2.10. The molecule has 27 heavy (non-hydrogen) atoms. The molecule has 0 spiro atoms. The Balaban J connectivity index is 0.00000261. The zero-order valence-electron chi connectivity index (χ0n) is 15.8. The maximum Gasteiger partial charge on any atom is 0.246 e. The van der Waals surface area contributed by atoms with Gasteiger partial charge in [0.2, 0.25) is 5.91 Å². The molecule has 1 unspecified atom stereocenters. The Morgan fingerprint density at radius 1 is 1.33 bits per heavy atom. The molecule has 1 aromatic heterocycles. The molecule has 1 atom stereocenters. The van der Waals surface area contributed by atoms with Gasteiger partial charge in [0.25, 0.3) is 0 Å². The molecule has 3 rings (SSSR count). The van der Waals surface area contributed by atoms with Crippen molar-refractivity contribution in [3.8, 4) is 0 Å². The summed E-state index contributed by atoms with van der Waals surface area (Å²) in [6, 6.07) is 9.44. The van der Waals surface area contributed by atoms with Gasteiger partial charge >= 0.3 is 0 Å². The van der Waals surface area contributed by atoms with E-state index in [2.05, 4.69) is 31.8 Å². The molecule has 1 aromatic carbocycles. The SMILES string of the molecule is CCNC(=NCC(=O)Nc1ccccc1)N1CCC(c2cnn(C)c2)C1.I. The molecule has 1 aliphatic rings. The fourth-order valence-electron chi connectivity index (χ4n) is 3.17. The largest absolute Gasteiger partial charge is 0.357 e. The monoisotopic (exact) mass is 482 g/mol. The van der Waals surface area contributed by atoms with Crippen LogP contribution in [0.25, 0.3) is 0 Å². The molecule has 0 radical (unpaired) electrons. The van der Waals surface area contributed by atoms with E-state index in [1.165, 1.54) is 5.56 Å². The molecule has 0 bridgehead atoms. The van der Waals surface area contributed by atoms with Gasteiger partial charge < -0.3 is 15.5 Å². The van der Waals surface area contributed by atoms with Crippen LogP contribution >= 0.6 is 24.0 Å². The van der Waals surface area contributed by atoms with Crippen LogP contribution in [0.2, 0.25) is 0 Å². The minimum Gasteiger partial charge on any atom is -0.357 e. The molecule has 8 heteroatoms. The highest BCUT2D eigenvalue weighted by Crippen LogP contribution is 2.26. The molecule has 0 saturated carbocycles. The first-order valence-electron chi connectivity index (χ1n) is 9.02. The number of anilines is 1. The Morgan fingerprint density at radius 3 is 2.78 bits per heavy atom. The third-order valence-electron chi connectivity index (χ3n) is 4.45. The third kappa shape index (κ3) is 5.95. The van der Waals surface area contributed by atoms with Crippen molar-refractivity contribution in [1.29, 1.82) is 0 Å². The van der Waals surface area contributed by atoms with Crippen molar-refractivity contribution in [2.75, 3.05) is 31.5 Å². The highest BCUT2D eigenvalue weighted by atomic mass is 127. The van der Waals surface area contributed by atoms with Crippen LogP contribution in [-0.4, -0.2) is 52.7 Å². The van der Waals surface area contributed by atoms with Crippen LogP contribution in [-0.2, 0) is 11.8 Å². The summed E-state index contributed by atoms with van der Waals surface area (Å²) in [5.74, 6) is 1.13. The van der Waals surface area contributed by atoms with Crippen LogP contribution in [0.1, 0.15) is 24.8 Å². The molecule has 2 aromatic rings. The van der Waals surface area contributed by atoms with Gasteiger partial charge in [0, 0.05) is 44.5 Å². The number of para-hydroxylation sites is 1. The second-order valence-corrected chi connectivity index (χ2v) is 6.46. The van der Waals surface area contributed by atoms with Crippen molar-refractivity contribution in [1.82, 2.24) is 20.0 Å². The fourth-order valence-corrected chi connectivity index (χ4v) is 3.17. The van der Waals surface area contributed by atoms with Crippen LogP contribution < -0.4 is 10.6 Å². The summed E-state index contributed by atoms with van der Waals surface area (Å²) >= 11 is 0. The molecule has 1 fully saturated rings. The Labute approximate surface area is 177 Å². The number of carbonyl (C=O) groups excluding carboxylic acids is 1. The zero-order chi connectivity index (χ0) is 18.4. The molecular weight excluding hydrogens is 455 g/mol. The lowest BCUT2D eigenvalue weighted by Crippen LogP contribution is -2.40. The molecule has 2 heterocycles. The summed E-state index contributed by atoms with van der Waals surface area (Å²) in [5.41, 5.74) is 2.04. The van der Waals surface area contributed by atoms with Crippen molar-refractivity contribution in [3.63, 3.8) is 0 Å². The van der Waals surface area contributed by atoms with Crippen LogP contribution in [0.5, 0.6) is 0 Å². The van der Waals surface area contributed by atoms with Gasteiger partial charge in [-0.15, -0.1) is 24.0 Å². The first-order chi connectivity index (χ1) is 12.7. The summed E-state index contributed by atoms with van der Waals surface area (Å²) in [6.45, 7) is 4.72. The number of amides is 1. The van der Waals surface area contributed by atoms with Gasteiger partial charge in [-0.1, -0.05) is 18.2 Å². The summed E-state index contributed by atoms with van der Waals surface area (Å²) < 4.78 is 1.84. The number of benzene rings is 1. The zero-order valence-corrected chi connectivity index (χ0v) is 18.1. The molecule has 0 aliphatic carbocycles. The van der Waals surface area contributed by atoms with Crippen molar-refractivity contribution < 1.29 is 4.79 Å². The summed E-state index contributed by atoms with van der Waals surface area (Å²) in [6.07, 6.45) is 5.07. The summed E-state index contributed by atoms with van der Waals surface area (Å²) in [5, 5.41) is 10.4. The molecule has 1 aliphatic heterocycles. The van der Waals surface area contributed by atoms with E-state index in [0.717, 1.165) is 37.7 Å². The van der Waals surface area contributed by atoms with Gasteiger partial charge in [-0.25, -0.2) is 4.99 Å². The van der Waals surface area contributed by atoms with Crippen molar-refractivity contribution >= 4 is 41.5 Å². The molecule has 7 nitrogen and oxygen atoms in total. The van der Waals surface area contributed by atoms with Crippen molar-refractivity contribution in [2.45, 2.75) is 19.3 Å². The van der Waals surface area contributed by atoms with Crippen LogP contribution in [0, 0.1) is 0 Å². The van der Waals surface area contributed by atoms with E-state index >= 15 is 0 Å². The number of aryl methyl sites for hydroxylation is 1. The first-order valence-corrected chi connectivity index (χ1v) is 9.02. The van der Waals surface area contributed by atoms with E-state index in [9.17, 15) is 4.79 Å². The Kier molecular flexibility index (Phi) is 8.08. The predicted octanol–water partition coefficient (Wildman–Crippen LogP) is 2.43. The number of rotatable bonds is 5. The number of likely N-dealkylation sites (tertiary alicyclic amines) is 1. The van der Waals surface area contributed by atoms with E-state index in [-0.39, 0.29) is 36.4 Å². The van der Waals surface area contributed by atoms with Gasteiger partial charge in [0.1, 0.15) is 6.54 Å². The highest BCUT2D eigenvalue weighted by molar-refractivity contribution is 14.0. The van der Waals surface area contributed by atoms with E-state index < -0.39 is 0 Å². The average molecular weight is 482 g/mol. The van der Waals surface area contributed by atoms with E-state index in [1.54, 1.807) is 0 Å². The minimum absolute atomic E-state index is 0. The van der Waals surface area contributed by atoms with Gasteiger partial charge in [0.05, 0.1) is 6.20 Å². The number of guanidine groups is 1. The Morgan fingerprint density at radius 2 is 2.11 bits per heavy atom. The second-order valence-electron chi connectivity index (χ2n) is 6.46. The molecule has 2 N–H and O–H groups in total. The van der Waals surface area contributed by atoms with Crippen LogP contribution in [0.3, 0.4) is 0 Å². The van der Waals surface area contributed by atoms with Gasteiger partial charge in [-0.3, -0.25) is 9.48 Å². The third-order valence-corrected chi connectivity index (χ3v) is 4.45. The molecule has 1 saturated heterocycles. The highest BCUT2D eigenvalue weighted by Gasteiger charge is 2.27. The average Bonchev–Trinajstić information content (AvgIpc) is 3.28. The molecule has 1 amide bonds. The second kappa shape index (κ2) is 10.3. The topological polar surface area (TPSA) is 74.6 Å². The lowest BCUT2D eigenvalue weighted by molar-refractivity contribution is -0.114. The quantitative estimate of drug-likeness (QED) is 0.390. The van der Waals surface area contributed by atoms with E-state index in [1.807, 2.05) is 55.2 Å². The molecule has 146 valence electrons. The number of nitrogens with zero attached hydrogens (tertiary/aromatic N) is 4. The normalized spacial score (nSPS) is 16.7. The van der Waals surface area contributed by atoms with Crippen LogP contribution in [0.4, 0.5) is 5.69 Å². The number of halogens is 1. The maximum absolute atomic E-state index is 12.1. The van der Waals surface area contributed by atoms with Crippen molar-refractivity contribution in [3.05, 3.63) is 48.3 Å². The number of hydrogen-bond donors (Lipinski definition) is 2. The standard InChI is InChI=1S/C19H26N6O.HI/c1-3-20-19(21-12-18(26)23-17-7-5-4-6-8-17)25-10-9-15(14-25)16-11-22-24(2)13-16;/h4-8,11,13,15H,3,9-10,12,14H2,1-2H3,(H,20,21)(H,23,26);1H. The number of aliphatic imine (C=N–C) groups is 1. The predicted molar refractivity (Wildman–Crippen MR) is 119 cm³/mol. The fraction of sp³-hybridized carbons (Fsp3) is 0.421.